The van der Waals surface area contributed by atoms with E-state index in [4.69, 9.17) is 5.73 Å². The number of carbonyl (C=O) groups excluding carboxylic acids is 1. The second-order valence-corrected chi connectivity index (χ2v) is 6.07. The Labute approximate surface area is 105 Å². The van der Waals surface area contributed by atoms with Crippen LogP contribution in [0.5, 0.6) is 0 Å². The van der Waals surface area contributed by atoms with Crippen molar-refractivity contribution < 1.29 is 4.79 Å². The van der Waals surface area contributed by atoms with Crippen molar-refractivity contribution in [1.82, 2.24) is 9.88 Å². The number of fused-ring (bicyclic) bond motifs is 2. The van der Waals surface area contributed by atoms with Crippen LogP contribution in [0.3, 0.4) is 0 Å². The molecule has 2 fully saturated rings. The molecule has 1 aromatic rings. The number of nitrogens with zero attached hydrogens (tertiary/aromatic N) is 2. The summed E-state index contributed by atoms with van der Waals surface area (Å²) in [5, 5.41) is 2.24. The lowest BCUT2D eigenvalue weighted by molar-refractivity contribution is 0.0500. The minimum atomic E-state index is 0.0644. The van der Waals surface area contributed by atoms with Gasteiger partial charge in [0.2, 0.25) is 0 Å². The van der Waals surface area contributed by atoms with Gasteiger partial charge in [-0.25, -0.2) is 4.98 Å². The van der Waals surface area contributed by atoms with Gasteiger partial charge in [-0.1, -0.05) is 6.42 Å². The van der Waals surface area contributed by atoms with E-state index in [1.807, 2.05) is 4.90 Å². The molecule has 1 amide bonds. The Kier molecular flexibility index (Phi) is 2.78. The third-order valence-electron chi connectivity index (χ3n) is 3.88. The number of nitrogen functional groups attached to an aromatic ring is 1. The van der Waals surface area contributed by atoms with Crippen LogP contribution in [0.4, 0.5) is 5.13 Å². The lowest BCUT2D eigenvalue weighted by atomic mass is 9.78. The van der Waals surface area contributed by atoms with Crippen LogP contribution in [0.1, 0.15) is 36.2 Å². The third-order valence-corrected chi connectivity index (χ3v) is 4.55. The maximum Gasteiger partial charge on any atom is 0.273 e. The van der Waals surface area contributed by atoms with Crippen molar-refractivity contribution in [3.63, 3.8) is 0 Å². The largest absolute Gasteiger partial charge is 0.375 e. The smallest absolute Gasteiger partial charge is 0.273 e. The molecular formula is C12H17N3OS. The fraction of sp³-hybridized carbons (Fsp3) is 0.667. The molecule has 0 aromatic carbocycles. The Morgan fingerprint density at radius 1 is 1.41 bits per heavy atom. The van der Waals surface area contributed by atoms with E-state index in [2.05, 4.69) is 4.98 Å². The summed E-state index contributed by atoms with van der Waals surface area (Å²) >= 11 is 1.34. The van der Waals surface area contributed by atoms with E-state index >= 15 is 0 Å². The summed E-state index contributed by atoms with van der Waals surface area (Å²) in [7, 11) is 0. The summed E-state index contributed by atoms with van der Waals surface area (Å²) in [6, 6.07) is 0. The minimum Gasteiger partial charge on any atom is -0.375 e. The second-order valence-electron chi connectivity index (χ2n) is 5.18. The monoisotopic (exact) mass is 251 g/mol. The SMILES string of the molecule is Nc1nc(C(=O)N2CC3CCCC(C3)C2)cs1. The van der Waals surface area contributed by atoms with Gasteiger partial charge in [0.05, 0.1) is 0 Å². The summed E-state index contributed by atoms with van der Waals surface area (Å²) in [4.78, 5) is 18.3. The lowest BCUT2D eigenvalue weighted by Gasteiger charge is -2.41. The van der Waals surface area contributed by atoms with E-state index in [9.17, 15) is 4.79 Å². The fourth-order valence-electron chi connectivity index (χ4n) is 3.15. The molecule has 92 valence electrons. The van der Waals surface area contributed by atoms with Gasteiger partial charge in [-0.3, -0.25) is 4.79 Å². The number of likely N-dealkylation sites (tertiary alicyclic amines) is 1. The molecule has 2 bridgehead atoms. The minimum absolute atomic E-state index is 0.0644. The molecule has 2 N–H and O–H groups in total. The van der Waals surface area contributed by atoms with Gasteiger partial charge in [0, 0.05) is 18.5 Å². The average Bonchev–Trinajstić information content (AvgIpc) is 2.74. The van der Waals surface area contributed by atoms with Gasteiger partial charge in [0.25, 0.3) is 5.91 Å². The number of thiazole rings is 1. The highest BCUT2D eigenvalue weighted by Gasteiger charge is 2.33. The number of piperidine rings is 1. The van der Waals surface area contributed by atoms with Crippen LogP contribution in [0, 0.1) is 11.8 Å². The maximum absolute atomic E-state index is 12.3. The normalized spacial score (nSPS) is 28.1. The van der Waals surface area contributed by atoms with Gasteiger partial charge in [0.1, 0.15) is 5.69 Å². The highest BCUT2D eigenvalue weighted by molar-refractivity contribution is 7.13. The van der Waals surface area contributed by atoms with E-state index in [0.29, 0.717) is 22.7 Å². The van der Waals surface area contributed by atoms with E-state index in [1.165, 1.54) is 37.0 Å². The Hall–Kier alpha value is -1.10. The first kappa shape index (κ1) is 11.0. The van der Waals surface area contributed by atoms with Crippen molar-refractivity contribution in [3.8, 4) is 0 Å². The van der Waals surface area contributed by atoms with Crippen LogP contribution in [-0.2, 0) is 0 Å². The molecule has 1 saturated heterocycles. The van der Waals surface area contributed by atoms with Crippen molar-refractivity contribution in [2.24, 2.45) is 11.8 Å². The van der Waals surface area contributed by atoms with E-state index in [1.54, 1.807) is 5.38 Å². The number of nitrogens with two attached hydrogens (primary N) is 1. The predicted molar refractivity (Wildman–Crippen MR) is 67.9 cm³/mol. The van der Waals surface area contributed by atoms with Crippen molar-refractivity contribution >= 4 is 22.4 Å². The van der Waals surface area contributed by atoms with Gasteiger partial charge in [-0.05, 0) is 31.1 Å². The van der Waals surface area contributed by atoms with Crippen LogP contribution in [0.2, 0.25) is 0 Å². The molecule has 2 atom stereocenters. The standard InChI is InChI=1S/C12H17N3OS/c13-12-14-10(7-17-12)11(16)15-5-8-2-1-3-9(4-8)6-15/h7-9H,1-6H2,(H2,13,14). The second kappa shape index (κ2) is 4.29. The fourth-order valence-corrected chi connectivity index (χ4v) is 3.68. The van der Waals surface area contributed by atoms with Gasteiger partial charge in [0.15, 0.2) is 5.13 Å². The van der Waals surface area contributed by atoms with Crippen LogP contribution < -0.4 is 5.73 Å². The van der Waals surface area contributed by atoms with Crippen molar-refractivity contribution in [2.75, 3.05) is 18.8 Å². The zero-order valence-corrected chi connectivity index (χ0v) is 10.6. The molecule has 2 aliphatic rings. The van der Waals surface area contributed by atoms with Crippen molar-refractivity contribution in [2.45, 2.75) is 25.7 Å². The highest BCUT2D eigenvalue weighted by Crippen LogP contribution is 2.34. The Balaban J connectivity index is 1.74. The van der Waals surface area contributed by atoms with Gasteiger partial charge in [-0.2, -0.15) is 0 Å². The predicted octanol–water partition coefficient (Wildman–Crippen LogP) is 1.99. The third kappa shape index (κ3) is 2.16. The first-order valence-electron chi connectivity index (χ1n) is 6.22. The Bertz CT molecular complexity index is 419. The Morgan fingerprint density at radius 2 is 2.12 bits per heavy atom. The molecule has 0 radical (unpaired) electrons. The maximum atomic E-state index is 12.3. The zero-order valence-electron chi connectivity index (χ0n) is 9.76. The van der Waals surface area contributed by atoms with Crippen LogP contribution in [0.25, 0.3) is 0 Å². The molecular weight excluding hydrogens is 234 g/mol. The molecule has 1 aromatic heterocycles. The number of aromatic nitrogens is 1. The van der Waals surface area contributed by atoms with Gasteiger partial charge in [-0.15, -0.1) is 11.3 Å². The summed E-state index contributed by atoms with van der Waals surface area (Å²) in [6.07, 6.45) is 5.20. The molecule has 2 heterocycles. The molecule has 2 unspecified atom stereocenters. The number of hydrogen-bond donors (Lipinski definition) is 1. The number of rotatable bonds is 1. The molecule has 1 aliphatic heterocycles. The molecule has 4 nitrogen and oxygen atoms in total. The summed E-state index contributed by atoms with van der Waals surface area (Å²) in [5.74, 6) is 1.49. The molecule has 5 heteroatoms. The molecule has 3 rings (SSSR count). The first-order chi connectivity index (χ1) is 8.22. The van der Waals surface area contributed by atoms with E-state index < -0.39 is 0 Å². The number of anilines is 1. The molecule has 1 aliphatic carbocycles. The van der Waals surface area contributed by atoms with Gasteiger partial charge >= 0.3 is 0 Å². The Morgan fingerprint density at radius 3 is 2.71 bits per heavy atom. The highest BCUT2D eigenvalue weighted by atomic mass is 32.1. The summed E-state index contributed by atoms with van der Waals surface area (Å²) in [6.45, 7) is 1.82. The van der Waals surface area contributed by atoms with Crippen LogP contribution >= 0.6 is 11.3 Å². The molecule has 17 heavy (non-hydrogen) atoms. The number of carbonyl (C=O) groups is 1. The van der Waals surface area contributed by atoms with Crippen molar-refractivity contribution in [1.29, 1.82) is 0 Å². The molecule has 1 saturated carbocycles. The summed E-state index contributed by atoms with van der Waals surface area (Å²) < 4.78 is 0. The number of hydrogen-bond acceptors (Lipinski definition) is 4. The van der Waals surface area contributed by atoms with Crippen LogP contribution in [-0.4, -0.2) is 28.9 Å². The lowest BCUT2D eigenvalue weighted by Crippen LogP contribution is -2.45. The van der Waals surface area contributed by atoms with E-state index in [-0.39, 0.29) is 5.91 Å². The first-order valence-corrected chi connectivity index (χ1v) is 7.10. The molecule has 0 spiro atoms. The van der Waals surface area contributed by atoms with Crippen molar-refractivity contribution in [3.05, 3.63) is 11.1 Å². The average molecular weight is 251 g/mol. The van der Waals surface area contributed by atoms with E-state index in [0.717, 1.165) is 13.1 Å². The topological polar surface area (TPSA) is 59.2 Å². The van der Waals surface area contributed by atoms with Gasteiger partial charge < -0.3 is 10.6 Å². The quantitative estimate of drug-likeness (QED) is 0.830. The zero-order chi connectivity index (χ0) is 11.8. The number of amides is 1. The van der Waals surface area contributed by atoms with Crippen LogP contribution in [0.15, 0.2) is 5.38 Å². The summed E-state index contributed by atoms with van der Waals surface area (Å²) in [5.41, 5.74) is 6.10.